The zero-order chi connectivity index (χ0) is 14.4. The molecule has 0 bridgehead atoms. The van der Waals surface area contributed by atoms with Gasteiger partial charge in [-0.25, -0.2) is 0 Å². The molecule has 0 radical (unpaired) electrons. The van der Waals surface area contributed by atoms with E-state index in [-0.39, 0.29) is 30.2 Å². The Labute approximate surface area is 110 Å². The van der Waals surface area contributed by atoms with Crippen molar-refractivity contribution in [1.82, 2.24) is 4.90 Å². The molecule has 0 spiro atoms. The van der Waals surface area contributed by atoms with Crippen molar-refractivity contribution in [2.75, 3.05) is 20.2 Å². The smallest absolute Gasteiger partial charge is 0.311 e. The van der Waals surface area contributed by atoms with Crippen LogP contribution >= 0.6 is 0 Å². The molecule has 100 valence electrons. The zero-order valence-corrected chi connectivity index (χ0v) is 10.6. The zero-order valence-electron chi connectivity index (χ0n) is 10.6. The molecule has 0 aromatic heterocycles. The molecule has 0 atom stereocenters. The Bertz CT molecular complexity index is 536. The summed E-state index contributed by atoms with van der Waals surface area (Å²) in [4.78, 5) is 23.6. The normalized spacial score (nSPS) is 9.53. The number of hydrogen-bond acceptors (Lipinski definition) is 5. The SMILES string of the molecule is CCOc1c(C(=O)N(C)CC#N)cccc1[N+](=O)[O-]. The van der Waals surface area contributed by atoms with Crippen LogP contribution in [0.15, 0.2) is 18.2 Å². The summed E-state index contributed by atoms with van der Waals surface area (Å²) in [5, 5.41) is 19.5. The van der Waals surface area contributed by atoms with Gasteiger partial charge in [0.1, 0.15) is 6.54 Å². The van der Waals surface area contributed by atoms with Gasteiger partial charge in [-0.2, -0.15) is 5.26 Å². The molecule has 0 saturated heterocycles. The molecule has 0 aliphatic carbocycles. The third-order valence-corrected chi connectivity index (χ3v) is 2.36. The maximum Gasteiger partial charge on any atom is 0.311 e. The minimum atomic E-state index is -0.605. The second-order valence-corrected chi connectivity index (χ2v) is 3.66. The molecule has 1 amide bonds. The van der Waals surface area contributed by atoms with E-state index in [2.05, 4.69) is 0 Å². The van der Waals surface area contributed by atoms with E-state index in [9.17, 15) is 14.9 Å². The fraction of sp³-hybridized carbons (Fsp3) is 0.333. The monoisotopic (exact) mass is 263 g/mol. The molecule has 0 aliphatic heterocycles. The molecule has 7 nitrogen and oxygen atoms in total. The average Bonchev–Trinajstić information content (AvgIpc) is 2.38. The van der Waals surface area contributed by atoms with Gasteiger partial charge in [0.25, 0.3) is 5.91 Å². The van der Waals surface area contributed by atoms with Crippen LogP contribution in [0.4, 0.5) is 5.69 Å². The highest BCUT2D eigenvalue weighted by Crippen LogP contribution is 2.31. The van der Waals surface area contributed by atoms with Crippen molar-refractivity contribution in [3.63, 3.8) is 0 Å². The number of carbonyl (C=O) groups is 1. The summed E-state index contributed by atoms with van der Waals surface area (Å²) in [7, 11) is 1.44. The molecule has 1 aromatic carbocycles. The number of ether oxygens (including phenoxy) is 1. The lowest BCUT2D eigenvalue weighted by atomic mass is 10.1. The van der Waals surface area contributed by atoms with Gasteiger partial charge in [-0.05, 0) is 13.0 Å². The molecule has 0 N–H and O–H groups in total. The van der Waals surface area contributed by atoms with Gasteiger partial charge < -0.3 is 9.64 Å². The van der Waals surface area contributed by atoms with E-state index in [1.54, 1.807) is 6.92 Å². The number of nitro benzene ring substituents is 1. The van der Waals surface area contributed by atoms with Crippen molar-refractivity contribution in [1.29, 1.82) is 5.26 Å². The summed E-state index contributed by atoms with van der Waals surface area (Å²) in [6, 6.07) is 5.96. The Kier molecular flexibility index (Phi) is 4.83. The number of benzene rings is 1. The highest BCUT2D eigenvalue weighted by Gasteiger charge is 2.24. The molecule has 19 heavy (non-hydrogen) atoms. The van der Waals surface area contributed by atoms with E-state index < -0.39 is 10.8 Å². The van der Waals surface area contributed by atoms with Crippen LogP contribution in [0.5, 0.6) is 5.75 Å². The Hall–Kier alpha value is -2.62. The molecule has 1 rings (SSSR count). The van der Waals surface area contributed by atoms with Crippen LogP contribution in [0.25, 0.3) is 0 Å². The first-order valence-corrected chi connectivity index (χ1v) is 5.55. The summed E-state index contributed by atoms with van der Waals surface area (Å²) in [6.07, 6.45) is 0. The van der Waals surface area contributed by atoms with Crippen LogP contribution in [0.1, 0.15) is 17.3 Å². The van der Waals surface area contributed by atoms with Gasteiger partial charge in [-0.1, -0.05) is 6.07 Å². The van der Waals surface area contributed by atoms with E-state index in [4.69, 9.17) is 10.00 Å². The Morgan fingerprint density at radius 3 is 2.79 bits per heavy atom. The number of nitro groups is 1. The van der Waals surface area contributed by atoms with Crippen LogP contribution in [0, 0.1) is 21.4 Å². The van der Waals surface area contributed by atoms with Crippen molar-refractivity contribution in [2.45, 2.75) is 6.92 Å². The summed E-state index contributed by atoms with van der Waals surface area (Å²) in [5.41, 5.74) is -0.188. The highest BCUT2D eigenvalue weighted by atomic mass is 16.6. The lowest BCUT2D eigenvalue weighted by Crippen LogP contribution is -2.27. The number of amides is 1. The second kappa shape index (κ2) is 6.35. The fourth-order valence-electron chi connectivity index (χ4n) is 1.52. The Morgan fingerprint density at radius 1 is 1.58 bits per heavy atom. The number of para-hydroxylation sites is 1. The van der Waals surface area contributed by atoms with Crippen LogP contribution in [-0.4, -0.2) is 35.9 Å². The predicted molar refractivity (Wildman–Crippen MR) is 66.8 cm³/mol. The van der Waals surface area contributed by atoms with Crippen molar-refractivity contribution < 1.29 is 14.5 Å². The van der Waals surface area contributed by atoms with Gasteiger partial charge >= 0.3 is 5.69 Å². The molecule has 0 fully saturated rings. The van der Waals surface area contributed by atoms with Crippen LogP contribution < -0.4 is 4.74 Å². The third-order valence-electron chi connectivity index (χ3n) is 2.36. The average molecular weight is 263 g/mol. The van der Waals surface area contributed by atoms with Gasteiger partial charge in [0.2, 0.25) is 5.75 Å². The molecule has 7 heteroatoms. The highest BCUT2D eigenvalue weighted by molar-refractivity contribution is 5.98. The summed E-state index contributed by atoms with van der Waals surface area (Å²) < 4.78 is 5.21. The standard InChI is InChI=1S/C12H13N3O4/c1-3-19-11-9(12(16)14(2)8-7-13)5-4-6-10(11)15(17)18/h4-6H,3,8H2,1-2H3. The van der Waals surface area contributed by atoms with Crippen molar-refractivity contribution in [2.24, 2.45) is 0 Å². The first-order chi connectivity index (χ1) is 9.02. The lowest BCUT2D eigenvalue weighted by molar-refractivity contribution is -0.385. The minimum Gasteiger partial charge on any atom is -0.487 e. The molecular weight excluding hydrogens is 250 g/mol. The number of nitriles is 1. The van der Waals surface area contributed by atoms with Crippen molar-refractivity contribution in [3.8, 4) is 11.8 Å². The molecule has 0 unspecified atom stereocenters. The van der Waals surface area contributed by atoms with Crippen LogP contribution in [0.2, 0.25) is 0 Å². The number of hydrogen-bond donors (Lipinski definition) is 0. The third kappa shape index (κ3) is 3.19. The first kappa shape index (κ1) is 14.4. The van der Waals surface area contributed by atoms with E-state index in [0.717, 1.165) is 0 Å². The maximum atomic E-state index is 12.1. The number of carbonyl (C=O) groups excluding carboxylic acids is 1. The maximum absolute atomic E-state index is 12.1. The van der Waals surface area contributed by atoms with Crippen LogP contribution in [-0.2, 0) is 0 Å². The fourth-order valence-corrected chi connectivity index (χ4v) is 1.52. The predicted octanol–water partition coefficient (Wildman–Crippen LogP) is 1.59. The summed E-state index contributed by atoms with van der Waals surface area (Å²) >= 11 is 0. The molecule has 0 heterocycles. The quantitative estimate of drug-likeness (QED) is 0.456. The van der Waals surface area contributed by atoms with Gasteiger partial charge in [-0.3, -0.25) is 14.9 Å². The van der Waals surface area contributed by atoms with E-state index in [1.165, 1.54) is 30.1 Å². The Morgan fingerprint density at radius 2 is 2.26 bits per heavy atom. The van der Waals surface area contributed by atoms with Gasteiger partial charge in [0.05, 0.1) is 23.2 Å². The molecule has 0 saturated carbocycles. The summed E-state index contributed by atoms with van der Waals surface area (Å²) in [5.74, 6) is -0.557. The Balaban J connectivity index is 3.27. The van der Waals surface area contributed by atoms with Gasteiger partial charge in [0, 0.05) is 13.1 Å². The van der Waals surface area contributed by atoms with E-state index in [0.29, 0.717) is 0 Å². The van der Waals surface area contributed by atoms with Crippen LogP contribution in [0.3, 0.4) is 0 Å². The first-order valence-electron chi connectivity index (χ1n) is 5.55. The number of rotatable bonds is 5. The largest absolute Gasteiger partial charge is 0.487 e. The van der Waals surface area contributed by atoms with E-state index in [1.807, 2.05) is 6.07 Å². The van der Waals surface area contributed by atoms with Crippen molar-refractivity contribution in [3.05, 3.63) is 33.9 Å². The summed E-state index contributed by atoms with van der Waals surface area (Å²) in [6.45, 7) is 1.77. The second-order valence-electron chi connectivity index (χ2n) is 3.66. The minimum absolute atomic E-state index is 0.0650. The lowest BCUT2D eigenvalue weighted by Gasteiger charge is -2.15. The topological polar surface area (TPSA) is 96.5 Å². The van der Waals surface area contributed by atoms with Gasteiger partial charge in [-0.15, -0.1) is 0 Å². The number of nitrogens with zero attached hydrogens (tertiary/aromatic N) is 3. The molecule has 1 aromatic rings. The van der Waals surface area contributed by atoms with E-state index >= 15 is 0 Å². The molecule has 0 aliphatic rings. The van der Waals surface area contributed by atoms with Gasteiger partial charge in [0.15, 0.2) is 0 Å². The van der Waals surface area contributed by atoms with Crippen molar-refractivity contribution >= 4 is 11.6 Å². The molecular formula is C12H13N3O4.